The average molecular weight is 604 g/mol. The maximum Gasteiger partial charge on any atom is 0.227 e. The number of nitrogens with one attached hydrogen (secondary N) is 1. The number of carbonyl (C=O) groups is 3. The number of hydrogen-bond acceptors (Lipinski definition) is 7. The summed E-state index contributed by atoms with van der Waals surface area (Å²) in [5.41, 5.74) is 5.18. The van der Waals surface area contributed by atoms with Crippen molar-refractivity contribution in [2.45, 2.75) is 79.0 Å². The maximum atomic E-state index is 13.7. The minimum absolute atomic E-state index is 0.0193. The fraction of sp³-hybridized carbons (Fsp3) is 0.500. The van der Waals surface area contributed by atoms with E-state index in [4.69, 9.17) is 9.47 Å². The van der Waals surface area contributed by atoms with E-state index in [1.54, 1.807) is 4.90 Å². The van der Waals surface area contributed by atoms with Crippen LogP contribution in [0.4, 0.5) is 5.69 Å². The van der Waals surface area contributed by atoms with Crippen LogP contribution in [0.1, 0.15) is 65.4 Å². The van der Waals surface area contributed by atoms with Gasteiger partial charge in [0.25, 0.3) is 0 Å². The zero-order valence-corrected chi connectivity index (χ0v) is 26.4. The summed E-state index contributed by atoms with van der Waals surface area (Å²) in [6.45, 7) is 10.7. The lowest BCUT2D eigenvalue weighted by Crippen LogP contribution is -2.34. The number of nitrogens with zero attached hydrogens (tertiary/aromatic N) is 4. The van der Waals surface area contributed by atoms with Gasteiger partial charge in [-0.15, -0.1) is 5.10 Å². The van der Waals surface area contributed by atoms with E-state index in [2.05, 4.69) is 15.6 Å². The summed E-state index contributed by atoms with van der Waals surface area (Å²) in [5, 5.41) is 12.0. The zero-order valence-electron chi connectivity index (χ0n) is 26.4. The number of benzene rings is 2. The molecule has 0 aliphatic carbocycles. The minimum atomic E-state index is -0.205. The molecule has 0 saturated heterocycles. The Balaban J connectivity index is 1.42. The first-order chi connectivity index (χ1) is 21.3. The van der Waals surface area contributed by atoms with Gasteiger partial charge in [0, 0.05) is 62.6 Å². The number of anilines is 1. The van der Waals surface area contributed by atoms with E-state index >= 15 is 0 Å². The summed E-state index contributed by atoms with van der Waals surface area (Å²) >= 11 is 0. The Morgan fingerprint density at radius 2 is 1.70 bits per heavy atom. The number of carbonyl (C=O) groups excluding carboxylic acids is 3. The Bertz CT molecular complexity index is 1420. The molecule has 1 N–H and O–H groups in total. The van der Waals surface area contributed by atoms with Crippen LogP contribution in [0, 0.1) is 5.92 Å². The molecule has 10 heteroatoms. The smallest absolute Gasteiger partial charge is 0.227 e. The molecule has 3 aromatic rings. The fourth-order valence-corrected chi connectivity index (χ4v) is 5.31. The normalized spacial score (nSPS) is 13.0. The largest absolute Gasteiger partial charge is 0.380 e. The number of fused-ring (bicyclic) bond motifs is 5. The Hall–Kier alpha value is -3.89. The molecule has 2 aromatic carbocycles. The van der Waals surface area contributed by atoms with Gasteiger partial charge in [-0.25, -0.2) is 4.68 Å². The summed E-state index contributed by atoms with van der Waals surface area (Å²) in [6.07, 6.45) is 2.31. The number of hydrogen-bond donors (Lipinski definition) is 1. The predicted octanol–water partition coefficient (Wildman–Crippen LogP) is 5.19. The zero-order chi connectivity index (χ0) is 31.5. The molecule has 4 rings (SSSR count). The predicted molar refractivity (Wildman–Crippen MR) is 170 cm³/mol. The molecule has 44 heavy (non-hydrogen) atoms. The number of aryl methyl sites for hydroxylation is 1. The van der Waals surface area contributed by atoms with Crippen LogP contribution >= 0.6 is 0 Å². The van der Waals surface area contributed by atoms with Crippen LogP contribution in [0.25, 0.3) is 22.5 Å². The van der Waals surface area contributed by atoms with Gasteiger partial charge in [0.2, 0.25) is 11.8 Å². The van der Waals surface area contributed by atoms with E-state index in [0.29, 0.717) is 52.3 Å². The first kappa shape index (κ1) is 33.0. The molecule has 1 aliphatic heterocycles. The monoisotopic (exact) mass is 603 g/mol. The Morgan fingerprint density at radius 1 is 0.955 bits per heavy atom. The van der Waals surface area contributed by atoms with E-state index in [1.165, 1.54) is 0 Å². The van der Waals surface area contributed by atoms with Crippen LogP contribution in [-0.4, -0.2) is 65.1 Å². The average Bonchev–Trinajstić information content (AvgIpc) is 3.44. The lowest BCUT2D eigenvalue weighted by Gasteiger charge is -2.28. The highest BCUT2D eigenvalue weighted by atomic mass is 16.5. The molecule has 1 atom stereocenters. The summed E-state index contributed by atoms with van der Waals surface area (Å²) in [6, 6.07) is 15.8. The SMILES string of the molecule is CCC(=O)C(C)CCOCCNC(=O)CCC(=O)N1Cc2ccccc2-c2c(nnn2CCCOC(C)C)-c2ccccc21. The standard InChI is InChI=1S/C34H45N5O5/c1-5-30(40)25(4)17-21-43-22-18-35-31(41)15-16-32(42)38-23-26-11-6-7-12-27(26)34-33(28-13-8-9-14-29(28)38)36-37-39(34)19-10-20-44-24(2)3/h6-9,11-14,24-25H,5,10,15-23H2,1-4H3,(H,35,41). The van der Waals surface area contributed by atoms with Crippen molar-refractivity contribution in [1.82, 2.24) is 20.3 Å². The van der Waals surface area contributed by atoms with E-state index in [1.807, 2.05) is 80.9 Å². The van der Waals surface area contributed by atoms with E-state index in [9.17, 15) is 14.4 Å². The quantitative estimate of drug-likeness (QED) is 0.224. The van der Waals surface area contributed by atoms with E-state index in [0.717, 1.165) is 40.2 Å². The molecule has 1 aromatic heterocycles. The Kier molecular flexibility index (Phi) is 12.2. The van der Waals surface area contributed by atoms with Crippen molar-refractivity contribution in [3.8, 4) is 22.5 Å². The summed E-state index contributed by atoms with van der Waals surface area (Å²) < 4.78 is 13.2. The highest BCUT2D eigenvalue weighted by Gasteiger charge is 2.29. The van der Waals surface area contributed by atoms with Gasteiger partial charge in [0.05, 0.1) is 30.6 Å². The van der Waals surface area contributed by atoms with Crippen LogP contribution in [0.15, 0.2) is 48.5 Å². The minimum Gasteiger partial charge on any atom is -0.380 e. The van der Waals surface area contributed by atoms with Gasteiger partial charge in [-0.2, -0.15) is 0 Å². The second-order valence-corrected chi connectivity index (χ2v) is 11.4. The summed E-state index contributed by atoms with van der Waals surface area (Å²) in [5.74, 6) is -0.138. The van der Waals surface area contributed by atoms with Gasteiger partial charge < -0.3 is 19.7 Å². The molecule has 2 amide bonds. The van der Waals surface area contributed by atoms with Crippen molar-refractivity contribution in [2.75, 3.05) is 31.3 Å². The second-order valence-electron chi connectivity index (χ2n) is 11.4. The fourth-order valence-electron chi connectivity index (χ4n) is 5.31. The van der Waals surface area contributed by atoms with Gasteiger partial charge >= 0.3 is 0 Å². The van der Waals surface area contributed by atoms with Crippen LogP contribution in [0.3, 0.4) is 0 Å². The van der Waals surface area contributed by atoms with Gasteiger partial charge in [-0.3, -0.25) is 14.4 Å². The van der Waals surface area contributed by atoms with E-state index < -0.39 is 0 Å². The summed E-state index contributed by atoms with van der Waals surface area (Å²) in [7, 11) is 0. The van der Waals surface area contributed by atoms with Crippen molar-refractivity contribution in [1.29, 1.82) is 0 Å². The van der Waals surface area contributed by atoms with Crippen molar-refractivity contribution in [3.05, 3.63) is 54.1 Å². The van der Waals surface area contributed by atoms with Crippen molar-refractivity contribution in [3.63, 3.8) is 0 Å². The number of para-hydroxylation sites is 1. The Morgan fingerprint density at radius 3 is 2.48 bits per heavy atom. The van der Waals surface area contributed by atoms with Gasteiger partial charge in [-0.1, -0.05) is 61.5 Å². The molecule has 0 fully saturated rings. The van der Waals surface area contributed by atoms with Crippen molar-refractivity contribution in [2.24, 2.45) is 5.92 Å². The third-order valence-electron chi connectivity index (χ3n) is 7.78. The topological polar surface area (TPSA) is 116 Å². The molecular weight excluding hydrogens is 558 g/mol. The number of ether oxygens (including phenoxy) is 2. The highest BCUT2D eigenvalue weighted by molar-refractivity contribution is 6.01. The molecule has 236 valence electrons. The number of aromatic nitrogens is 3. The molecule has 1 aliphatic rings. The molecule has 10 nitrogen and oxygen atoms in total. The van der Waals surface area contributed by atoms with Gasteiger partial charge in [-0.05, 0) is 38.3 Å². The van der Waals surface area contributed by atoms with Crippen molar-refractivity contribution >= 4 is 23.3 Å². The van der Waals surface area contributed by atoms with Crippen LogP contribution in [0.5, 0.6) is 0 Å². The lowest BCUT2D eigenvalue weighted by atomic mass is 9.95. The molecular formula is C34H45N5O5. The van der Waals surface area contributed by atoms with Gasteiger partial charge in [0.15, 0.2) is 0 Å². The van der Waals surface area contributed by atoms with Crippen LogP contribution < -0.4 is 10.2 Å². The number of Topliss-reactive ketones (excluding diaryl/α,β-unsaturated/α-hetero) is 1. The number of amides is 2. The molecule has 0 saturated carbocycles. The van der Waals surface area contributed by atoms with E-state index in [-0.39, 0.29) is 42.5 Å². The second kappa shape index (κ2) is 16.3. The Labute approximate surface area is 260 Å². The first-order valence-electron chi connectivity index (χ1n) is 15.7. The summed E-state index contributed by atoms with van der Waals surface area (Å²) in [4.78, 5) is 39.7. The van der Waals surface area contributed by atoms with Gasteiger partial charge in [0.1, 0.15) is 11.5 Å². The molecule has 0 bridgehead atoms. The third-order valence-corrected chi connectivity index (χ3v) is 7.78. The highest BCUT2D eigenvalue weighted by Crippen LogP contribution is 2.41. The third kappa shape index (κ3) is 8.60. The number of rotatable bonds is 16. The lowest BCUT2D eigenvalue weighted by molar-refractivity contribution is -0.125. The first-order valence-corrected chi connectivity index (χ1v) is 15.7. The maximum absolute atomic E-state index is 13.7. The molecule has 1 unspecified atom stereocenters. The molecule has 2 heterocycles. The number of ketones is 1. The van der Waals surface area contributed by atoms with Crippen LogP contribution in [0.2, 0.25) is 0 Å². The molecule has 0 radical (unpaired) electrons. The molecule has 0 spiro atoms. The van der Waals surface area contributed by atoms with Crippen molar-refractivity contribution < 1.29 is 23.9 Å². The van der Waals surface area contributed by atoms with Crippen LogP contribution in [-0.2, 0) is 36.9 Å².